The minimum Gasteiger partial charge on any atom is -0.477 e. The van der Waals surface area contributed by atoms with E-state index in [-0.39, 0.29) is 15.6 Å². The summed E-state index contributed by atoms with van der Waals surface area (Å²) in [6, 6.07) is 3.14. The maximum absolute atomic E-state index is 10.0. The Morgan fingerprint density at radius 1 is 1.67 bits per heavy atom. The van der Waals surface area contributed by atoms with Gasteiger partial charge in [0.15, 0.2) is 0 Å². The number of carbonyl (C=O) groups is 1. The molecule has 0 spiro atoms. The van der Waals surface area contributed by atoms with E-state index in [1.807, 2.05) is 0 Å². The van der Waals surface area contributed by atoms with E-state index in [1.165, 1.54) is 6.07 Å². The predicted octanol–water partition coefficient (Wildman–Crippen LogP) is 0.771. The minimum absolute atomic E-state index is 0. The first-order valence-electron chi connectivity index (χ1n) is 2.17. The fraction of sp³-hybridized carbons (Fsp3) is 0. The molecule has 50 valence electrons. The van der Waals surface area contributed by atoms with Gasteiger partial charge in [0, 0.05) is 6.20 Å². The number of carboxylic acid groups (broad SMARTS) is 1. The second-order valence-corrected chi connectivity index (χ2v) is 1.39. The van der Waals surface area contributed by atoms with E-state index in [0.29, 0.717) is 0 Å². The monoisotopic (exact) mass is 145 g/mol. The van der Waals surface area contributed by atoms with Gasteiger partial charge in [-0.2, -0.15) is 9.90 Å². The lowest BCUT2D eigenvalue weighted by molar-refractivity contribution is 0.0691. The third kappa shape index (κ3) is 1.86. The second-order valence-electron chi connectivity index (χ2n) is 1.39. The van der Waals surface area contributed by atoms with Crippen molar-refractivity contribution in [2.45, 2.75) is 0 Å². The van der Waals surface area contributed by atoms with Crippen molar-refractivity contribution in [3.05, 3.63) is 24.0 Å². The van der Waals surface area contributed by atoms with Crippen LogP contribution in [-0.2, 0) is 0 Å². The second kappa shape index (κ2) is 3.25. The van der Waals surface area contributed by atoms with Crippen LogP contribution in [0, 0.1) is 0 Å². The summed E-state index contributed by atoms with van der Waals surface area (Å²) in [4.78, 5) is 12.6. The van der Waals surface area contributed by atoms with Crippen LogP contribution in [-0.4, -0.2) is 16.1 Å². The first-order chi connectivity index (χ1) is 3.80. The standard InChI is InChI=1S/C5H5NO2.H3P/c7-5(8)4-2-1-3-6-4;/h1-3,6H,(H,7,8);1H3. The van der Waals surface area contributed by atoms with E-state index in [1.54, 1.807) is 12.3 Å². The van der Waals surface area contributed by atoms with Crippen LogP contribution in [0.2, 0.25) is 0 Å². The Hall–Kier alpha value is -0.820. The van der Waals surface area contributed by atoms with Crippen LogP contribution in [0.1, 0.15) is 10.5 Å². The molecule has 4 heteroatoms. The normalized spacial score (nSPS) is 8.00. The molecule has 0 radical (unpaired) electrons. The molecule has 1 heterocycles. The van der Waals surface area contributed by atoms with Gasteiger partial charge < -0.3 is 10.1 Å². The molecule has 0 saturated carbocycles. The average molecular weight is 145 g/mol. The van der Waals surface area contributed by atoms with Gasteiger partial charge in [-0.05, 0) is 12.1 Å². The molecule has 2 N–H and O–H groups in total. The van der Waals surface area contributed by atoms with E-state index >= 15 is 0 Å². The van der Waals surface area contributed by atoms with Crippen molar-refractivity contribution in [1.29, 1.82) is 0 Å². The van der Waals surface area contributed by atoms with Crippen molar-refractivity contribution in [3.8, 4) is 0 Å². The van der Waals surface area contributed by atoms with Gasteiger partial charge in [0.1, 0.15) is 5.69 Å². The lowest BCUT2D eigenvalue weighted by Gasteiger charge is -1.80. The first-order valence-corrected chi connectivity index (χ1v) is 2.17. The zero-order valence-electron chi connectivity index (χ0n) is 4.79. The molecule has 0 aliphatic carbocycles. The number of rotatable bonds is 1. The van der Waals surface area contributed by atoms with E-state index in [2.05, 4.69) is 4.98 Å². The molecule has 0 aliphatic heterocycles. The van der Waals surface area contributed by atoms with Crippen LogP contribution < -0.4 is 0 Å². The summed E-state index contributed by atoms with van der Waals surface area (Å²) in [6.45, 7) is 0. The molecule has 0 saturated heterocycles. The fourth-order valence-corrected chi connectivity index (χ4v) is 0.463. The lowest BCUT2D eigenvalue weighted by atomic mass is 10.4. The van der Waals surface area contributed by atoms with Gasteiger partial charge in [0.05, 0.1) is 0 Å². The largest absolute Gasteiger partial charge is 0.477 e. The van der Waals surface area contributed by atoms with E-state index < -0.39 is 5.97 Å². The van der Waals surface area contributed by atoms with Gasteiger partial charge in [-0.3, -0.25) is 0 Å². The quantitative estimate of drug-likeness (QED) is 0.573. The van der Waals surface area contributed by atoms with Crippen molar-refractivity contribution >= 4 is 15.9 Å². The molecule has 0 aromatic carbocycles. The molecule has 0 bridgehead atoms. The van der Waals surface area contributed by atoms with Crippen LogP contribution in [0.15, 0.2) is 18.3 Å². The Morgan fingerprint density at radius 2 is 2.33 bits per heavy atom. The van der Waals surface area contributed by atoms with Crippen molar-refractivity contribution in [1.82, 2.24) is 4.98 Å². The highest BCUT2D eigenvalue weighted by atomic mass is 31.0. The zero-order chi connectivity index (χ0) is 5.98. The summed E-state index contributed by atoms with van der Waals surface area (Å²) in [5.74, 6) is -0.921. The van der Waals surface area contributed by atoms with Crippen LogP contribution in [0.25, 0.3) is 0 Å². The predicted molar refractivity (Wildman–Crippen MR) is 38.9 cm³/mol. The summed E-state index contributed by atoms with van der Waals surface area (Å²) < 4.78 is 0. The smallest absolute Gasteiger partial charge is 0.352 e. The molecular formula is C5H8NO2P. The van der Waals surface area contributed by atoms with Crippen LogP contribution in [0.5, 0.6) is 0 Å². The maximum Gasteiger partial charge on any atom is 0.352 e. The molecule has 3 nitrogen and oxygen atoms in total. The van der Waals surface area contributed by atoms with Crippen molar-refractivity contribution < 1.29 is 9.90 Å². The van der Waals surface area contributed by atoms with Crippen molar-refractivity contribution in [3.63, 3.8) is 0 Å². The number of H-pyrrole nitrogens is 1. The molecular weight excluding hydrogens is 137 g/mol. The summed E-state index contributed by atoms with van der Waals surface area (Å²) in [5, 5.41) is 8.24. The van der Waals surface area contributed by atoms with Gasteiger partial charge in [0.2, 0.25) is 0 Å². The molecule has 1 unspecified atom stereocenters. The van der Waals surface area contributed by atoms with E-state index in [9.17, 15) is 4.79 Å². The number of aromatic carboxylic acids is 1. The Balaban J connectivity index is 0.000000640. The zero-order valence-corrected chi connectivity index (χ0v) is 6.21. The number of aromatic nitrogens is 1. The van der Waals surface area contributed by atoms with Gasteiger partial charge >= 0.3 is 5.97 Å². The molecule has 1 atom stereocenters. The molecule has 1 rings (SSSR count). The number of hydrogen-bond acceptors (Lipinski definition) is 1. The summed E-state index contributed by atoms with van der Waals surface area (Å²) in [7, 11) is 0. The fourth-order valence-electron chi connectivity index (χ4n) is 0.463. The highest BCUT2D eigenvalue weighted by Gasteiger charge is 1.98. The molecule has 1 aromatic heterocycles. The van der Waals surface area contributed by atoms with Crippen molar-refractivity contribution in [2.24, 2.45) is 0 Å². The minimum atomic E-state index is -0.921. The lowest BCUT2D eigenvalue weighted by Crippen LogP contribution is -1.94. The van der Waals surface area contributed by atoms with Crippen LogP contribution in [0.4, 0.5) is 0 Å². The molecule has 9 heavy (non-hydrogen) atoms. The summed E-state index contributed by atoms with van der Waals surface area (Å²) in [6.07, 6.45) is 1.57. The van der Waals surface area contributed by atoms with Gasteiger partial charge in [-0.1, -0.05) is 0 Å². The Bertz CT molecular complexity index is 183. The number of nitrogens with one attached hydrogen (secondary N) is 1. The molecule has 0 fully saturated rings. The Labute approximate surface area is 55.7 Å². The number of hydrogen-bond donors (Lipinski definition) is 2. The average Bonchev–Trinajstić information content (AvgIpc) is 2.12. The van der Waals surface area contributed by atoms with Gasteiger partial charge in [0.25, 0.3) is 0 Å². The van der Waals surface area contributed by atoms with E-state index in [0.717, 1.165) is 0 Å². The molecule has 1 aromatic rings. The highest BCUT2D eigenvalue weighted by molar-refractivity contribution is 6.92. The number of aromatic amines is 1. The third-order valence-corrected chi connectivity index (χ3v) is 0.828. The summed E-state index contributed by atoms with van der Waals surface area (Å²) in [5.41, 5.74) is 0.227. The van der Waals surface area contributed by atoms with Crippen LogP contribution >= 0.6 is 9.90 Å². The van der Waals surface area contributed by atoms with Gasteiger partial charge in [-0.15, -0.1) is 0 Å². The van der Waals surface area contributed by atoms with Crippen LogP contribution in [0.3, 0.4) is 0 Å². The van der Waals surface area contributed by atoms with E-state index in [4.69, 9.17) is 5.11 Å². The highest BCUT2D eigenvalue weighted by Crippen LogP contribution is 1.91. The Morgan fingerprint density at radius 3 is 2.56 bits per heavy atom. The SMILES string of the molecule is O=C(O)c1ccc[nH]1.P. The van der Waals surface area contributed by atoms with Gasteiger partial charge in [-0.25, -0.2) is 4.79 Å². The van der Waals surface area contributed by atoms with Crippen molar-refractivity contribution in [2.75, 3.05) is 0 Å². The summed E-state index contributed by atoms with van der Waals surface area (Å²) >= 11 is 0. The number of carboxylic acids is 1. The Kier molecular flexibility index (Phi) is 2.96. The first kappa shape index (κ1) is 8.18. The maximum atomic E-state index is 10.0. The third-order valence-electron chi connectivity index (χ3n) is 0.828. The molecule has 0 aliphatic rings. The molecule has 0 amide bonds. The topological polar surface area (TPSA) is 53.1 Å².